The molecule has 1 heterocycles. The van der Waals surface area contributed by atoms with Gasteiger partial charge in [0.1, 0.15) is 5.69 Å². The van der Waals surface area contributed by atoms with Crippen molar-refractivity contribution in [3.05, 3.63) is 16.1 Å². The van der Waals surface area contributed by atoms with Crippen LogP contribution in [0.15, 0.2) is 5.38 Å². The third kappa shape index (κ3) is 6.29. The molecular formula is C11H18N2O2S. The number of aldehydes is 1. The molecular weight excluding hydrogens is 224 g/mol. The predicted molar refractivity (Wildman–Crippen MR) is 65.9 cm³/mol. The Morgan fingerprint density at radius 3 is 2.75 bits per heavy atom. The van der Waals surface area contributed by atoms with E-state index in [9.17, 15) is 9.59 Å². The number of aryl methyl sites for hydroxylation is 1. The molecule has 0 spiro atoms. The van der Waals surface area contributed by atoms with Crippen molar-refractivity contribution in [3.63, 3.8) is 0 Å². The summed E-state index contributed by atoms with van der Waals surface area (Å²) in [6, 6.07) is 0. The molecule has 90 valence electrons. The molecule has 1 aromatic rings. The van der Waals surface area contributed by atoms with Gasteiger partial charge in [0.05, 0.1) is 5.01 Å². The van der Waals surface area contributed by atoms with E-state index >= 15 is 0 Å². The zero-order chi connectivity index (χ0) is 12.4. The van der Waals surface area contributed by atoms with E-state index in [0.29, 0.717) is 12.2 Å². The molecule has 0 unspecified atom stereocenters. The maximum absolute atomic E-state index is 10.5. The minimum Gasteiger partial charge on any atom is -0.356 e. The molecule has 0 aliphatic rings. The van der Waals surface area contributed by atoms with E-state index < -0.39 is 0 Å². The number of thiazole rings is 1. The van der Waals surface area contributed by atoms with Gasteiger partial charge in [-0.2, -0.15) is 0 Å². The predicted octanol–water partition coefficient (Wildman–Crippen LogP) is 2.05. The molecule has 0 aliphatic heterocycles. The third-order valence-corrected chi connectivity index (χ3v) is 2.56. The molecule has 1 N–H and O–H groups in total. The number of carbonyl (C=O) groups excluding carboxylic acids is 2. The average Bonchev–Trinajstić information content (AvgIpc) is 2.75. The fourth-order valence-electron chi connectivity index (χ4n) is 0.998. The minimum absolute atomic E-state index is 0.0160. The van der Waals surface area contributed by atoms with Gasteiger partial charge in [0.2, 0.25) is 5.91 Å². The summed E-state index contributed by atoms with van der Waals surface area (Å²) in [5.74, 6) is -0.0160. The van der Waals surface area contributed by atoms with Crippen LogP contribution in [0.25, 0.3) is 0 Å². The first-order valence-corrected chi connectivity index (χ1v) is 6.24. The van der Waals surface area contributed by atoms with Crippen LogP contribution < -0.4 is 5.32 Å². The van der Waals surface area contributed by atoms with Gasteiger partial charge < -0.3 is 5.32 Å². The topological polar surface area (TPSA) is 59.1 Å². The lowest BCUT2D eigenvalue weighted by molar-refractivity contribution is -0.118. The van der Waals surface area contributed by atoms with Gasteiger partial charge in [-0.1, -0.05) is 13.8 Å². The molecule has 16 heavy (non-hydrogen) atoms. The number of rotatable bonds is 5. The van der Waals surface area contributed by atoms with Crippen LogP contribution in [0.2, 0.25) is 0 Å². The van der Waals surface area contributed by atoms with Gasteiger partial charge in [0.25, 0.3) is 0 Å². The molecule has 5 heteroatoms. The summed E-state index contributed by atoms with van der Waals surface area (Å²) < 4.78 is 0. The van der Waals surface area contributed by atoms with Crippen LogP contribution in [-0.4, -0.2) is 23.7 Å². The summed E-state index contributed by atoms with van der Waals surface area (Å²) in [6.07, 6.45) is 2.40. The van der Waals surface area contributed by atoms with Crippen LogP contribution in [0.1, 0.15) is 42.7 Å². The molecule has 1 aromatic heterocycles. The fraction of sp³-hybridized carbons (Fsp3) is 0.545. The minimum atomic E-state index is -0.0160. The molecule has 0 aromatic carbocycles. The number of carbonyl (C=O) groups is 2. The summed E-state index contributed by atoms with van der Waals surface area (Å²) in [7, 11) is 0. The lowest BCUT2D eigenvalue weighted by Gasteiger charge is -1.98. The summed E-state index contributed by atoms with van der Waals surface area (Å²) in [5, 5.41) is 5.38. The maximum Gasteiger partial charge on any atom is 0.216 e. The Bertz CT molecular complexity index is 324. The highest BCUT2D eigenvalue weighted by Crippen LogP contribution is 2.09. The highest BCUT2D eigenvalue weighted by molar-refractivity contribution is 7.09. The van der Waals surface area contributed by atoms with E-state index in [2.05, 4.69) is 10.3 Å². The maximum atomic E-state index is 10.5. The van der Waals surface area contributed by atoms with Gasteiger partial charge in [-0.3, -0.25) is 9.59 Å². The van der Waals surface area contributed by atoms with Gasteiger partial charge >= 0.3 is 0 Å². The Labute approximate surface area is 100 Å². The van der Waals surface area contributed by atoms with E-state index in [0.717, 1.165) is 24.1 Å². The first-order chi connectivity index (χ1) is 7.72. The van der Waals surface area contributed by atoms with Crippen molar-refractivity contribution >= 4 is 23.5 Å². The highest BCUT2D eigenvalue weighted by Gasteiger charge is 2.00. The normalized spacial score (nSPS) is 8.94. The van der Waals surface area contributed by atoms with Crippen LogP contribution in [0.3, 0.4) is 0 Å². The number of aromatic nitrogens is 1. The molecule has 0 saturated heterocycles. The van der Waals surface area contributed by atoms with Crippen LogP contribution in [-0.2, 0) is 11.2 Å². The van der Waals surface area contributed by atoms with Crippen molar-refractivity contribution in [1.82, 2.24) is 10.3 Å². The van der Waals surface area contributed by atoms with Crippen molar-refractivity contribution in [2.75, 3.05) is 6.54 Å². The number of amides is 1. The zero-order valence-corrected chi connectivity index (χ0v) is 10.8. The monoisotopic (exact) mass is 242 g/mol. The number of hydrogen-bond acceptors (Lipinski definition) is 4. The standard InChI is InChI=1S/C9H12N2O2S.C2H6/c1-7(13)10-4-2-3-9-11-8(5-12)6-14-9;1-2/h5-6H,2-4H2,1H3,(H,10,13);1-2H3. The number of nitrogens with zero attached hydrogens (tertiary/aromatic N) is 1. The second kappa shape index (κ2) is 9.03. The SMILES string of the molecule is CC.CC(=O)NCCCc1nc(C=O)cs1. The molecule has 4 nitrogen and oxygen atoms in total. The van der Waals surface area contributed by atoms with Gasteiger partial charge in [0, 0.05) is 25.3 Å². The Morgan fingerprint density at radius 1 is 1.56 bits per heavy atom. The van der Waals surface area contributed by atoms with Crippen LogP contribution in [0.5, 0.6) is 0 Å². The summed E-state index contributed by atoms with van der Waals surface area (Å²) in [5.41, 5.74) is 0.490. The number of hydrogen-bond donors (Lipinski definition) is 1. The molecule has 0 bridgehead atoms. The fourth-order valence-corrected chi connectivity index (χ4v) is 1.78. The van der Waals surface area contributed by atoms with Crippen LogP contribution >= 0.6 is 11.3 Å². The van der Waals surface area contributed by atoms with Crippen molar-refractivity contribution in [1.29, 1.82) is 0 Å². The molecule has 0 atom stereocenters. The van der Waals surface area contributed by atoms with E-state index in [1.807, 2.05) is 13.8 Å². The summed E-state index contributed by atoms with van der Waals surface area (Å²) in [6.45, 7) is 6.15. The Morgan fingerprint density at radius 2 is 2.25 bits per heavy atom. The zero-order valence-electron chi connectivity index (χ0n) is 9.95. The molecule has 0 saturated carbocycles. The largest absolute Gasteiger partial charge is 0.356 e. The molecule has 1 amide bonds. The second-order valence-corrected chi connectivity index (χ2v) is 3.81. The first-order valence-electron chi connectivity index (χ1n) is 5.36. The summed E-state index contributed by atoms with van der Waals surface area (Å²) in [4.78, 5) is 24.9. The lowest BCUT2D eigenvalue weighted by Crippen LogP contribution is -2.21. The average molecular weight is 242 g/mol. The quantitative estimate of drug-likeness (QED) is 0.635. The Kier molecular flexibility index (Phi) is 8.34. The highest BCUT2D eigenvalue weighted by atomic mass is 32.1. The number of nitrogens with one attached hydrogen (secondary N) is 1. The van der Waals surface area contributed by atoms with Gasteiger partial charge in [-0.25, -0.2) is 4.98 Å². The second-order valence-electron chi connectivity index (χ2n) is 2.87. The van der Waals surface area contributed by atoms with Crippen molar-refractivity contribution in [2.24, 2.45) is 0 Å². The van der Waals surface area contributed by atoms with Crippen LogP contribution in [0.4, 0.5) is 0 Å². The van der Waals surface area contributed by atoms with Gasteiger partial charge in [0.15, 0.2) is 6.29 Å². The van der Waals surface area contributed by atoms with E-state index in [1.54, 1.807) is 5.38 Å². The van der Waals surface area contributed by atoms with Gasteiger partial charge in [-0.15, -0.1) is 11.3 Å². The first kappa shape index (κ1) is 14.8. The Hall–Kier alpha value is -1.23. The van der Waals surface area contributed by atoms with Crippen molar-refractivity contribution in [3.8, 4) is 0 Å². The molecule has 0 fully saturated rings. The van der Waals surface area contributed by atoms with Crippen LogP contribution in [0, 0.1) is 0 Å². The van der Waals surface area contributed by atoms with E-state index in [-0.39, 0.29) is 5.91 Å². The molecule has 1 rings (SSSR count). The van der Waals surface area contributed by atoms with E-state index in [1.165, 1.54) is 18.3 Å². The molecule has 0 aliphatic carbocycles. The van der Waals surface area contributed by atoms with Crippen molar-refractivity contribution < 1.29 is 9.59 Å². The van der Waals surface area contributed by atoms with Crippen molar-refractivity contribution in [2.45, 2.75) is 33.6 Å². The Balaban J connectivity index is 0.00000106. The third-order valence-electron chi connectivity index (χ3n) is 1.63. The van der Waals surface area contributed by atoms with Gasteiger partial charge in [-0.05, 0) is 6.42 Å². The smallest absolute Gasteiger partial charge is 0.216 e. The van der Waals surface area contributed by atoms with E-state index in [4.69, 9.17) is 0 Å². The summed E-state index contributed by atoms with van der Waals surface area (Å²) >= 11 is 1.48. The molecule has 0 radical (unpaired) electrons. The lowest BCUT2D eigenvalue weighted by atomic mass is 10.3.